The highest BCUT2D eigenvalue weighted by Gasteiger charge is 2.07. The van der Waals surface area contributed by atoms with E-state index >= 15 is 0 Å². The standard InChI is InChI=1S/C15H15Cl2NO2/c16-9-12(19)10-18-14-6-1-2-7-15(14)20-13-5-3-4-11(17)8-13/h1-8,12,18-19H,9-10H2. The van der Waals surface area contributed by atoms with Gasteiger partial charge in [-0.05, 0) is 30.3 Å². The lowest BCUT2D eigenvalue weighted by atomic mass is 10.2. The topological polar surface area (TPSA) is 41.5 Å². The molecule has 20 heavy (non-hydrogen) atoms. The normalized spacial score (nSPS) is 11.9. The zero-order valence-electron chi connectivity index (χ0n) is 10.7. The minimum absolute atomic E-state index is 0.185. The predicted octanol–water partition coefficient (Wildman–Crippen LogP) is 4.14. The molecule has 0 heterocycles. The third-order valence-electron chi connectivity index (χ3n) is 2.62. The second kappa shape index (κ2) is 7.39. The van der Waals surface area contributed by atoms with Gasteiger partial charge in [0.05, 0.1) is 17.7 Å². The molecule has 2 rings (SSSR count). The van der Waals surface area contributed by atoms with Crippen LogP contribution in [0.2, 0.25) is 5.02 Å². The van der Waals surface area contributed by atoms with Crippen LogP contribution in [0, 0.1) is 0 Å². The summed E-state index contributed by atoms with van der Waals surface area (Å²) in [6.45, 7) is 0.361. The van der Waals surface area contributed by atoms with E-state index in [9.17, 15) is 5.11 Å². The summed E-state index contributed by atoms with van der Waals surface area (Å²) < 4.78 is 5.79. The van der Waals surface area contributed by atoms with Crippen LogP contribution in [0.4, 0.5) is 5.69 Å². The average molecular weight is 312 g/mol. The van der Waals surface area contributed by atoms with Crippen LogP contribution < -0.4 is 10.1 Å². The van der Waals surface area contributed by atoms with Crippen molar-refractivity contribution in [1.29, 1.82) is 0 Å². The zero-order chi connectivity index (χ0) is 14.4. The average Bonchev–Trinajstić information content (AvgIpc) is 2.46. The van der Waals surface area contributed by atoms with Crippen LogP contribution in [0.1, 0.15) is 0 Å². The van der Waals surface area contributed by atoms with Crippen molar-refractivity contribution >= 4 is 28.9 Å². The fourth-order valence-corrected chi connectivity index (χ4v) is 1.93. The van der Waals surface area contributed by atoms with E-state index in [2.05, 4.69) is 5.32 Å². The van der Waals surface area contributed by atoms with Crippen molar-refractivity contribution in [3.05, 3.63) is 53.6 Å². The number of rotatable bonds is 6. The first-order chi connectivity index (χ1) is 9.69. The van der Waals surface area contributed by atoms with Gasteiger partial charge in [-0.25, -0.2) is 0 Å². The van der Waals surface area contributed by atoms with Crippen molar-refractivity contribution in [1.82, 2.24) is 0 Å². The fourth-order valence-electron chi connectivity index (χ4n) is 1.64. The summed E-state index contributed by atoms with van der Waals surface area (Å²) in [5.41, 5.74) is 0.789. The molecule has 2 aromatic carbocycles. The molecule has 0 aromatic heterocycles. The SMILES string of the molecule is OC(CCl)CNc1ccccc1Oc1cccc(Cl)c1. The number of alkyl halides is 1. The van der Waals surface area contributed by atoms with Crippen LogP contribution in [-0.2, 0) is 0 Å². The molecule has 0 aliphatic carbocycles. The smallest absolute Gasteiger partial charge is 0.150 e. The number of anilines is 1. The number of hydrogen-bond donors (Lipinski definition) is 2. The van der Waals surface area contributed by atoms with Crippen LogP contribution in [0.3, 0.4) is 0 Å². The fraction of sp³-hybridized carbons (Fsp3) is 0.200. The molecule has 0 fully saturated rings. The van der Waals surface area contributed by atoms with Crippen LogP contribution in [0.15, 0.2) is 48.5 Å². The Kier molecular flexibility index (Phi) is 5.53. The molecule has 0 spiro atoms. The van der Waals surface area contributed by atoms with Gasteiger partial charge < -0.3 is 15.2 Å². The van der Waals surface area contributed by atoms with Gasteiger partial charge in [0.1, 0.15) is 5.75 Å². The minimum atomic E-state index is -0.601. The lowest BCUT2D eigenvalue weighted by Crippen LogP contribution is -2.20. The number of hydrogen-bond acceptors (Lipinski definition) is 3. The summed E-state index contributed by atoms with van der Waals surface area (Å²) in [4.78, 5) is 0. The molecule has 3 nitrogen and oxygen atoms in total. The highest BCUT2D eigenvalue weighted by Crippen LogP contribution is 2.30. The Bertz CT molecular complexity index is 563. The molecular formula is C15H15Cl2NO2. The monoisotopic (exact) mass is 311 g/mol. The Morgan fingerprint density at radius 2 is 1.95 bits per heavy atom. The third kappa shape index (κ3) is 4.30. The van der Waals surface area contributed by atoms with Crippen LogP contribution in [0.25, 0.3) is 0 Å². The Morgan fingerprint density at radius 1 is 1.15 bits per heavy atom. The van der Waals surface area contributed by atoms with Crippen molar-refractivity contribution in [3.8, 4) is 11.5 Å². The van der Waals surface area contributed by atoms with E-state index in [0.29, 0.717) is 23.1 Å². The maximum absolute atomic E-state index is 9.48. The number of aliphatic hydroxyl groups excluding tert-OH is 1. The molecule has 2 N–H and O–H groups in total. The molecule has 1 unspecified atom stereocenters. The van der Waals surface area contributed by atoms with Crippen molar-refractivity contribution in [2.75, 3.05) is 17.7 Å². The van der Waals surface area contributed by atoms with Crippen LogP contribution in [-0.4, -0.2) is 23.6 Å². The quantitative estimate of drug-likeness (QED) is 0.788. The molecule has 0 saturated heterocycles. The number of para-hydroxylation sites is 2. The first-order valence-electron chi connectivity index (χ1n) is 6.19. The summed E-state index contributed by atoms with van der Waals surface area (Å²) in [6.07, 6.45) is -0.601. The van der Waals surface area contributed by atoms with E-state index in [-0.39, 0.29) is 5.88 Å². The lowest BCUT2D eigenvalue weighted by molar-refractivity contribution is 0.211. The van der Waals surface area contributed by atoms with Crippen molar-refractivity contribution in [3.63, 3.8) is 0 Å². The number of benzene rings is 2. The van der Waals surface area contributed by atoms with Crippen LogP contribution >= 0.6 is 23.2 Å². The molecule has 0 radical (unpaired) electrons. The molecule has 0 bridgehead atoms. The Labute approximate surface area is 128 Å². The molecule has 2 aromatic rings. The molecule has 0 aliphatic rings. The van der Waals surface area contributed by atoms with Gasteiger partial charge in [0.15, 0.2) is 5.75 Å². The van der Waals surface area contributed by atoms with Gasteiger partial charge in [-0.2, -0.15) is 0 Å². The molecule has 0 saturated carbocycles. The summed E-state index contributed by atoms with van der Waals surface area (Å²) in [7, 11) is 0. The summed E-state index contributed by atoms with van der Waals surface area (Å²) in [6, 6.07) is 14.7. The maximum atomic E-state index is 9.48. The first-order valence-corrected chi connectivity index (χ1v) is 7.10. The third-order valence-corrected chi connectivity index (χ3v) is 3.21. The highest BCUT2D eigenvalue weighted by molar-refractivity contribution is 6.30. The summed E-state index contributed by atoms with van der Waals surface area (Å²) in [5, 5.41) is 13.2. The summed E-state index contributed by atoms with van der Waals surface area (Å²) in [5.74, 6) is 1.51. The number of ether oxygens (including phenoxy) is 1. The van der Waals surface area contributed by atoms with Crippen LogP contribution in [0.5, 0.6) is 11.5 Å². The van der Waals surface area contributed by atoms with E-state index in [4.69, 9.17) is 27.9 Å². The Morgan fingerprint density at radius 3 is 2.70 bits per heavy atom. The van der Waals surface area contributed by atoms with Gasteiger partial charge in [-0.1, -0.05) is 29.8 Å². The van der Waals surface area contributed by atoms with Crippen molar-refractivity contribution < 1.29 is 9.84 Å². The molecule has 106 valence electrons. The van der Waals surface area contributed by atoms with Crippen molar-refractivity contribution in [2.45, 2.75) is 6.10 Å². The predicted molar refractivity (Wildman–Crippen MR) is 83.2 cm³/mol. The molecule has 5 heteroatoms. The maximum Gasteiger partial charge on any atom is 0.150 e. The van der Waals surface area contributed by atoms with Gasteiger partial charge in [0.2, 0.25) is 0 Å². The second-order valence-electron chi connectivity index (χ2n) is 4.24. The van der Waals surface area contributed by atoms with Gasteiger partial charge in [0, 0.05) is 11.6 Å². The van der Waals surface area contributed by atoms with Gasteiger partial charge in [-0.15, -0.1) is 11.6 Å². The number of halogens is 2. The van der Waals surface area contributed by atoms with E-state index < -0.39 is 6.10 Å². The molecule has 0 aliphatic heterocycles. The Balaban J connectivity index is 2.11. The van der Waals surface area contributed by atoms with Gasteiger partial charge >= 0.3 is 0 Å². The molecular weight excluding hydrogens is 297 g/mol. The summed E-state index contributed by atoms with van der Waals surface area (Å²) >= 11 is 11.5. The molecule has 1 atom stereocenters. The van der Waals surface area contributed by atoms with E-state index in [1.165, 1.54) is 0 Å². The number of aliphatic hydroxyl groups is 1. The van der Waals surface area contributed by atoms with Gasteiger partial charge in [-0.3, -0.25) is 0 Å². The van der Waals surface area contributed by atoms with E-state index in [0.717, 1.165) is 5.69 Å². The lowest BCUT2D eigenvalue weighted by Gasteiger charge is -2.14. The Hall–Kier alpha value is -1.42. The second-order valence-corrected chi connectivity index (χ2v) is 4.99. The zero-order valence-corrected chi connectivity index (χ0v) is 12.2. The van der Waals surface area contributed by atoms with Gasteiger partial charge in [0.25, 0.3) is 0 Å². The van der Waals surface area contributed by atoms with E-state index in [1.807, 2.05) is 36.4 Å². The van der Waals surface area contributed by atoms with E-state index in [1.54, 1.807) is 12.1 Å². The first kappa shape index (κ1) is 15.0. The highest BCUT2D eigenvalue weighted by atomic mass is 35.5. The largest absolute Gasteiger partial charge is 0.455 e. The minimum Gasteiger partial charge on any atom is -0.455 e. The number of nitrogens with one attached hydrogen (secondary N) is 1. The van der Waals surface area contributed by atoms with Crippen molar-refractivity contribution in [2.24, 2.45) is 0 Å². The molecule has 0 amide bonds.